The number of nitrogens with one attached hydrogen (secondary N) is 2. The molecular weight excluding hydrogens is 270 g/mol. The van der Waals surface area contributed by atoms with Crippen molar-refractivity contribution in [1.29, 1.82) is 0 Å². The van der Waals surface area contributed by atoms with Crippen LogP contribution >= 0.6 is 0 Å². The van der Waals surface area contributed by atoms with E-state index < -0.39 is 0 Å². The van der Waals surface area contributed by atoms with Crippen molar-refractivity contribution in [1.82, 2.24) is 25.9 Å². The van der Waals surface area contributed by atoms with Gasteiger partial charge in [-0.1, -0.05) is 12.1 Å². The van der Waals surface area contributed by atoms with E-state index >= 15 is 0 Å². The molecule has 0 unspecified atom stereocenters. The molecule has 1 atom stereocenters. The fraction of sp³-hybridized carbons (Fsp3) is 0.571. The average molecular weight is 291 g/mol. The normalized spacial score (nSPS) is 12.3. The van der Waals surface area contributed by atoms with Gasteiger partial charge in [0.25, 0.3) is 0 Å². The Morgan fingerprint density at radius 2 is 2.29 bits per heavy atom. The quantitative estimate of drug-likeness (QED) is 0.813. The topological polar surface area (TPSA) is 96.7 Å². The second-order valence-corrected chi connectivity index (χ2v) is 5.08. The second-order valence-electron chi connectivity index (χ2n) is 5.08. The van der Waals surface area contributed by atoms with Crippen molar-refractivity contribution in [2.24, 2.45) is 0 Å². The number of aromatic amines is 1. The van der Waals surface area contributed by atoms with Crippen molar-refractivity contribution in [2.45, 2.75) is 52.5 Å². The van der Waals surface area contributed by atoms with Crippen molar-refractivity contribution in [3.8, 4) is 0 Å². The Kier molecular flexibility index (Phi) is 5.08. The average Bonchev–Trinajstić information content (AvgIpc) is 3.07. The number of hydrogen-bond acceptors (Lipinski definition) is 5. The highest BCUT2D eigenvalue weighted by Crippen LogP contribution is 2.24. The molecule has 2 rings (SSSR count). The molecule has 0 aliphatic carbocycles. The van der Waals surface area contributed by atoms with Crippen LogP contribution in [0.5, 0.6) is 0 Å². The first-order valence-corrected chi connectivity index (χ1v) is 7.18. The number of nitrogens with zero attached hydrogens (tertiary/aromatic N) is 3. The molecule has 0 fully saturated rings. The maximum absolute atomic E-state index is 12.1. The second kappa shape index (κ2) is 7.01. The molecular formula is C14H21N5O2. The zero-order valence-electron chi connectivity index (χ0n) is 12.6. The van der Waals surface area contributed by atoms with E-state index in [4.69, 9.17) is 4.52 Å². The van der Waals surface area contributed by atoms with E-state index in [1.165, 1.54) is 0 Å². The van der Waals surface area contributed by atoms with E-state index in [2.05, 4.69) is 25.9 Å². The Morgan fingerprint density at radius 1 is 1.48 bits per heavy atom. The molecule has 114 valence electrons. The minimum absolute atomic E-state index is 0.0327. The minimum atomic E-state index is -0.0456. The van der Waals surface area contributed by atoms with Gasteiger partial charge in [-0.25, -0.2) is 0 Å². The van der Waals surface area contributed by atoms with Crippen LogP contribution in [0.25, 0.3) is 0 Å². The first-order valence-electron chi connectivity index (χ1n) is 7.18. The highest BCUT2D eigenvalue weighted by molar-refractivity contribution is 5.76. The largest absolute Gasteiger partial charge is 0.361 e. The van der Waals surface area contributed by atoms with Crippen LogP contribution in [-0.2, 0) is 11.2 Å². The van der Waals surface area contributed by atoms with Crippen LogP contribution in [-0.4, -0.2) is 26.5 Å². The third kappa shape index (κ3) is 3.90. The predicted molar refractivity (Wildman–Crippen MR) is 76.5 cm³/mol. The number of amides is 1. The molecule has 7 heteroatoms. The van der Waals surface area contributed by atoms with Gasteiger partial charge < -0.3 is 9.84 Å². The van der Waals surface area contributed by atoms with Crippen LogP contribution in [0, 0.1) is 13.8 Å². The van der Waals surface area contributed by atoms with E-state index in [1.54, 1.807) is 6.20 Å². The summed E-state index contributed by atoms with van der Waals surface area (Å²) in [4.78, 5) is 12.1. The van der Waals surface area contributed by atoms with Gasteiger partial charge in [0.1, 0.15) is 5.76 Å². The first kappa shape index (κ1) is 15.2. The molecule has 0 saturated heterocycles. The fourth-order valence-corrected chi connectivity index (χ4v) is 2.41. The minimum Gasteiger partial charge on any atom is -0.361 e. The number of rotatable bonds is 7. The summed E-state index contributed by atoms with van der Waals surface area (Å²) in [5.41, 5.74) is 2.70. The van der Waals surface area contributed by atoms with Crippen LogP contribution < -0.4 is 5.32 Å². The van der Waals surface area contributed by atoms with E-state index in [0.717, 1.165) is 42.0 Å². The summed E-state index contributed by atoms with van der Waals surface area (Å²) in [6.07, 6.45) is 4.43. The van der Waals surface area contributed by atoms with Crippen LogP contribution in [0.1, 0.15) is 54.9 Å². The molecule has 0 saturated carbocycles. The summed E-state index contributed by atoms with van der Waals surface area (Å²) in [5, 5.41) is 17.3. The maximum Gasteiger partial charge on any atom is 0.220 e. The molecule has 0 bridgehead atoms. The Hall–Kier alpha value is -2.18. The molecule has 2 N–H and O–H groups in total. The molecule has 7 nitrogen and oxygen atoms in total. The molecule has 2 aromatic heterocycles. The third-order valence-electron chi connectivity index (χ3n) is 3.48. The summed E-state index contributed by atoms with van der Waals surface area (Å²) in [5.74, 6) is 0.799. The zero-order valence-corrected chi connectivity index (χ0v) is 12.6. The van der Waals surface area contributed by atoms with E-state index in [9.17, 15) is 4.79 Å². The highest BCUT2D eigenvalue weighted by atomic mass is 16.5. The van der Waals surface area contributed by atoms with Crippen molar-refractivity contribution < 1.29 is 9.32 Å². The number of H-pyrrole nitrogens is 1. The molecule has 0 aliphatic rings. The van der Waals surface area contributed by atoms with Gasteiger partial charge in [-0.2, -0.15) is 15.4 Å². The van der Waals surface area contributed by atoms with Gasteiger partial charge in [0, 0.05) is 12.0 Å². The van der Waals surface area contributed by atoms with E-state index in [-0.39, 0.29) is 11.9 Å². The number of aryl methyl sites for hydroxylation is 3. The smallest absolute Gasteiger partial charge is 0.220 e. The molecule has 0 radical (unpaired) electrons. The fourth-order valence-electron chi connectivity index (χ4n) is 2.41. The van der Waals surface area contributed by atoms with Gasteiger partial charge in [-0.15, -0.1) is 0 Å². The Bertz CT molecular complexity index is 557. The van der Waals surface area contributed by atoms with Gasteiger partial charge >= 0.3 is 0 Å². The lowest BCUT2D eigenvalue weighted by Gasteiger charge is -2.16. The molecule has 21 heavy (non-hydrogen) atoms. The number of carbonyl (C=O) groups excluding carboxylic acids is 1. The van der Waals surface area contributed by atoms with E-state index in [1.807, 2.05) is 20.8 Å². The summed E-state index contributed by atoms with van der Waals surface area (Å²) in [7, 11) is 0. The molecule has 0 aliphatic heterocycles. The van der Waals surface area contributed by atoms with Crippen molar-refractivity contribution in [3.63, 3.8) is 0 Å². The summed E-state index contributed by atoms with van der Waals surface area (Å²) in [6.45, 7) is 5.80. The summed E-state index contributed by atoms with van der Waals surface area (Å²) >= 11 is 0. The summed E-state index contributed by atoms with van der Waals surface area (Å²) in [6, 6.07) is -0.0456. The van der Waals surface area contributed by atoms with Crippen LogP contribution in [0.3, 0.4) is 0 Å². The third-order valence-corrected chi connectivity index (χ3v) is 3.48. The number of aromatic nitrogens is 4. The molecule has 0 aromatic carbocycles. The van der Waals surface area contributed by atoms with Gasteiger partial charge in [0.05, 0.1) is 23.6 Å². The number of hydrogen-bond donors (Lipinski definition) is 2. The van der Waals surface area contributed by atoms with Crippen LogP contribution in [0.2, 0.25) is 0 Å². The number of carbonyl (C=O) groups is 1. The van der Waals surface area contributed by atoms with Crippen molar-refractivity contribution in [3.05, 3.63) is 28.9 Å². The van der Waals surface area contributed by atoms with Gasteiger partial charge in [0.15, 0.2) is 0 Å². The monoisotopic (exact) mass is 291 g/mol. The van der Waals surface area contributed by atoms with Gasteiger partial charge in [-0.3, -0.25) is 4.79 Å². The molecule has 2 aromatic rings. The lowest BCUT2D eigenvalue weighted by molar-refractivity contribution is -0.122. The summed E-state index contributed by atoms with van der Waals surface area (Å²) < 4.78 is 5.17. The molecule has 2 heterocycles. The maximum atomic E-state index is 12.1. The Labute approximate surface area is 123 Å². The van der Waals surface area contributed by atoms with Crippen LogP contribution in [0.15, 0.2) is 10.7 Å². The SMILES string of the molecule is CC[C@H](NC(=O)CCCc1cn[nH]n1)c1c(C)noc1C. The van der Waals surface area contributed by atoms with Crippen LogP contribution in [0.4, 0.5) is 0 Å². The van der Waals surface area contributed by atoms with Crippen molar-refractivity contribution >= 4 is 5.91 Å². The Balaban J connectivity index is 1.85. The van der Waals surface area contributed by atoms with Crippen molar-refractivity contribution in [2.75, 3.05) is 0 Å². The highest BCUT2D eigenvalue weighted by Gasteiger charge is 2.20. The standard InChI is InChI=1S/C14H21N5O2/c1-4-12(14-9(2)18-21-10(14)3)16-13(20)7-5-6-11-8-15-19-17-11/h8,12H,4-7H2,1-3H3,(H,16,20)(H,15,17,19)/t12-/m0/s1. The Morgan fingerprint density at radius 3 is 2.86 bits per heavy atom. The lowest BCUT2D eigenvalue weighted by Crippen LogP contribution is -2.28. The van der Waals surface area contributed by atoms with Gasteiger partial charge in [0.2, 0.25) is 5.91 Å². The molecule has 0 spiro atoms. The van der Waals surface area contributed by atoms with E-state index in [0.29, 0.717) is 6.42 Å². The van der Waals surface area contributed by atoms with Gasteiger partial charge in [-0.05, 0) is 33.1 Å². The zero-order chi connectivity index (χ0) is 15.2. The molecule has 1 amide bonds. The lowest BCUT2D eigenvalue weighted by atomic mass is 10.0. The predicted octanol–water partition coefficient (Wildman–Crippen LogP) is 2.00. The first-order chi connectivity index (χ1) is 10.1.